The van der Waals surface area contributed by atoms with Crippen molar-refractivity contribution in [1.29, 1.82) is 0 Å². The Morgan fingerprint density at radius 2 is 1.76 bits per heavy atom. The lowest BCUT2D eigenvalue weighted by molar-refractivity contribution is 0.0245. The Labute approximate surface area is 105 Å². The summed E-state index contributed by atoms with van der Waals surface area (Å²) in [6, 6.07) is 0. The van der Waals surface area contributed by atoms with Crippen LogP contribution < -0.4 is 5.32 Å². The van der Waals surface area contributed by atoms with Crippen LogP contribution in [0.1, 0.15) is 57.8 Å². The Balaban J connectivity index is 1.66. The third-order valence-corrected chi connectivity index (χ3v) is 4.43. The summed E-state index contributed by atoms with van der Waals surface area (Å²) >= 11 is 0. The van der Waals surface area contributed by atoms with Gasteiger partial charge in [-0.05, 0) is 44.6 Å². The van der Waals surface area contributed by atoms with Crippen LogP contribution in [0.4, 0.5) is 0 Å². The largest absolute Gasteiger partial charge is 0.393 e. The third kappa shape index (κ3) is 4.23. The highest BCUT2D eigenvalue weighted by atomic mass is 16.3. The highest BCUT2D eigenvalue weighted by Crippen LogP contribution is 2.27. The van der Waals surface area contributed by atoms with E-state index in [0.29, 0.717) is 5.92 Å². The van der Waals surface area contributed by atoms with E-state index < -0.39 is 5.60 Å². The Morgan fingerprint density at radius 1 is 1.06 bits per heavy atom. The molecule has 2 fully saturated rings. The highest BCUT2D eigenvalue weighted by Gasteiger charge is 2.28. The second kappa shape index (κ2) is 6.17. The quantitative estimate of drug-likeness (QED) is 0.658. The fourth-order valence-corrected chi connectivity index (χ4v) is 3.31. The highest BCUT2D eigenvalue weighted by molar-refractivity contribution is 4.84. The lowest BCUT2D eigenvalue weighted by atomic mass is 9.94. The molecule has 17 heavy (non-hydrogen) atoms. The van der Waals surface area contributed by atoms with Crippen molar-refractivity contribution in [3.63, 3.8) is 0 Å². The van der Waals surface area contributed by atoms with Gasteiger partial charge in [0, 0.05) is 6.54 Å². The molecular weight excluding hydrogens is 214 g/mol. The molecule has 0 aromatic rings. The predicted octanol–water partition coefficient (Wildman–Crippen LogP) is 1.82. The summed E-state index contributed by atoms with van der Waals surface area (Å²) in [6.45, 7) is 1.69. The van der Waals surface area contributed by atoms with Crippen LogP contribution in [0.2, 0.25) is 0 Å². The van der Waals surface area contributed by atoms with Crippen molar-refractivity contribution in [2.24, 2.45) is 5.92 Å². The molecule has 2 saturated carbocycles. The molecule has 0 saturated heterocycles. The Kier molecular flexibility index (Phi) is 4.83. The van der Waals surface area contributed by atoms with Gasteiger partial charge in [0.15, 0.2) is 0 Å². The summed E-state index contributed by atoms with van der Waals surface area (Å²) in [4.78, 5) is 0. The van der Waals surface area contributed by atoms with E-state index in [4.69, 9.17) is 0 Å². The van der Waals surface area contributed by atoms with Crippen LogP contribution in [-0.2, 0) is 0 Å². The molecule has 3 nitrogen and oxygen atoms in total. The van der Waals surface area contributed by atoms with E-state index in [-0.39, 0.29) is 6.10 Å². The van der Waals surface area contributed by atoms with E-state index in [1.807, 2.05) is 0 Å². The van der Waals surface area contributed by atoms with Gasteiger partial charge in [-0.2, -0.15) is 0 Å². The number of aliphatic hydroxyl groups is 2. The van der Waals surface area contributed by atoms with E-state index >= 15 is 0 Å². The molecule has 3 heteroatoms. The topological polar surface area (TPSA) is 52.5 Å². The third-order valence-electron chi connectivity index (χ3n) is 4.43. The minimum absolute atomic E-state index is 0.0808. The van der Waals surface area contributed by atoms with Gasteiger partial charge in [-0.3, -0.25) is 0 Å². The Morgan fingerprint density at radius 3 is 2.35 bits per heavy atom. The normalized spacial score (nSPS) is 33.5. The molecule has 0 amide bonds. The van der Waals surface area contributed by atoms with Crippen LogP contribution in [0.5, 0.6) is 0 Å². The fourth-order valence-electron chi connectivity index (χ4n) is 3.31. The average molecular weight is 241 g/mol. The summed E-state index contributed by atoms with van der Waals surface area (Å²) in [5.41, 5.74) is -0.465. The number of hydrogen-bond acceptors (Lipinski definition) is 3. The predicted molar refractivity (Wildman–Crippen MR) is 68.9 cm³/mol. The minimum Gasteiger partial charge on any atom is -0.393 e. The molecule has 0 aromatic carbocycles. The monoisotopic (exact) mass is 241 g/mol. The Hall–Kier alpha value is -0.120. The summed E-state index contributed by atoms with van der Waals surface area (Å²) in [7, 11) is 0. The summed E-state index contributed by atoms with van der Waals surface area (Å²) < 4.78 is 0. The SMILES string of the molecule is OC1CCC(CNCC2(O)CCCCCC2)C1. The second-order valence-electron chi connectivity index (χ2n) is 6.10. The maximum absolute atomic E-state index is 10.5. The molecule has 2 atom stereocenters. The number of aliphatic hydroxyl groups excluding tert-OH is 1. The smallest absolute Gasteiger partial charge is 0.0771 e. The molecule has 0 aromatic heterocycles. The zero-order valence-corrected chi connectivity index (χ0v) is 10.8. The first kappa shape index (κ1) is 13.3. The first-order chi connectivity index (χ1) is 8.18. The molecule has 3 N–H and O–H groups in total. The van der Waals surface area contributed by atoms with Gasteiger partial charge in [0.2, 0.25) is 0 Å². The van der Waals surface area contributed by atoms with E-state index in [0.717, 1.165) is 45.2 Å². The van der Waals surface area contributed by atoms with Crippen LogP contribution in [0, 0.1) is 5.92 Å². The molecule has 2 unspecified atom stereocenters. The first-order valence-electron chi connectivity index (χ1n) is 7.29. The lowest BCUT2D eigenvalue weighted by Gasteiger charge is -2.27. The van der Waals surface area contributed by atoms with Crippen molar-refractivity contribution in [2.75, 3.05) is 13.1 Å². The van der Waals surface area contributed by atoms with Crippen molar-refractivity contribution < 1.29 is 10.2 Å². The molecule has 2 aliphatic rings. The summed E-state index contributed by atoms with van der Waals surface area (Å²) in [6.07, 6.45) is 9.73. The van der Waals surface area contributed by atoms with Crippen molar-refractivity contribution in [1.82, 2.24) is 5.32 Å². The van der Waals surface area contributed by atoms with E-state index in [1.165, 1.54) is 25.7 Å². The van der Waals surface area contributed by atoms with Gasteiger partial charge in [0.05, 0.1) is 11.7 Å². The van der Waals surface area contributed by atoms with Gasteiger partial charge in [-0.25, -0.2) is 0 Å². The van der Waals surface area contributed by atoms with Crippen LogP contribution in [0.15, 0.2) is 0 Å². The van der Waals surface area contributed by atoms with Crippen molar-refractivity contribution in [2.45, 2.75) is 69.5 Å². The average Bonchev–Trinajstić information content (AvgIpc) is 2.58. The molecule has 0 spiro atoms. The van der Waals surface area contributed by atoms with Gasteiger partial charge in [0.25, 0.3) is 0 Å². The van der Waals surface area contributed by atoms with Gasteiger partial charge in [-0.15, -0.1) is 0 Å². The van der Waals surface area contributed by atoms with Crippen molar-refractivity contribution >= 4 is 0 Å². The number of hydrogen-bond donors (Lipinski definition) is 3. The second-order valence-corrected chi connectivity index (χ2v) is 6.10. The van der Waals surface area contributed by atoms with Gasteiger partial charge < -0.3 is 15.5 Å². The molecule has 0 aliphatic heterocycles. The summed E-state index contributed by atoms with van der Waals surface area (Å²) in [5, 5.41) is 23.3. The van der Waals surface area contributed by atoms with Crippen LogP contribution in [0.3, 0.4) is 0 Å². The van der Waals surface area contributed by atoms with E-state index in [9.17, 15) is 10.2 Å². The number of rotatable bonds is 4. The molecule has 2 rings (SSSR count). The Bertz CT molecular complexity index is 224. The maximum atomic E-state index is 10.5. The minimum atomic E-state index is -0.465. The first-order valence-corrected chi connectivity index (χ1v) is 7.29. The van der Waals surface area contributed by atoms with Crippen LogP contribution in [0.25, 0.3) is 0 Å². The molecule has 0 bridgehead atoms. The molecule has 2 aliphatic carbocycles. The van der Waals surface area contributed by atoms with E-state index in [2.05, 4.69) is 5.32 Å². The van der Waals surface area contributed by atoms with Crippen LogP contribution in [-0.4, -0.2) is 35.0 Å². The van der Waals surface area contributed by atoms with E-state index in [1.54, 1.807) is 0 Å². The van der Waals surface area contributed by atoms with Crippen molar-refractivity contribution in [3.8, 4) is 0 Å². The molecular formula is C14H27NO2. The summed E-state index contributed by atoms with van der Waals surface area (Å²) in [5.74, 6) is 0.611. The zero-order chi connectivity index (χ0) is 12.1. The van der Waals surface area contributed by atoms with Gasteiger partial charge >= 0.3 is 0 Å². The standard InChI is InChI=1S/C14H27NO2/c16-13-6-5-12(9-13)10-15-11-14(17)7-3-1-2-4-8-14/h12-13,15-17H,1-11H2. The molecule has 100 valence electrons. The maximum Gasteiger partial charge on any atom is 0.0771 e. The molecule has 0 radical (unpaired) electrons. The van der Waals surface area contributed by atoms with Gasteiger partial charge in [0.1, 0.15) is 0 Å². The molecule has 0 heterocycles. The van der Waals surface area contributed by atoms with Crippen LogP contribution >= 0.6 is 0 Å². The van der Waals surface area contributed by atoms with Gasteiger partial charge in [-0.1, -0.05) is 25.7 Å². The van der Waals surface area contributed by atoms with Crippen molar-refractivity contribution in [3.05, 3.63) is 0 Å². The number of nitrogens with one attached hydrogen (secondary N) is 1. The fraction of sp³-hybridized carbons (Fsp3) is 1.00. The lowest BCUT2D eigenvalue weighted by Crippen LogP contribution is -2.41. The zero-order valence-electron chi connectivity index (χ0n) is 10.8.